The Morgan fingerprint density at radius 3 is 2.58 bits per heavy atom. The summed E-state index contributed by atoms with van der Waals surface area (Å²) in [6.07, 6.45) is 0. The highest BCUT2D eigenvalue weighted by Crippen LogP contribution is 2.33. The van der Waals surface area contributed by atoms with Gasteiger partial charge in [-0.25, -0.2) is 4.39 Å². The first-order chi connectivity index (χ1) is 9.01. The van der Waals surface area contributed by atoms with Crippen LogP contribution in [0.1, 0.15) is 17.3 Å². The first-order valence-corrected chi connectivity index (χ1v) is 5.79. The van der Waals surface area contributed by atoms with E-state index in [1.165, 1.54) is 12.1 Å². The number of carboxylic acids is 1. The highest BCUT2D eigenvalue weighted by atomic mass is 19.1. The summed E-state index contributed by atoms with van der Waals surface area (Å²) in [6, 6.07) is 3.68. The van der Waals surface area contributed by atoms with Crippen molar-refractivity contribution in [2.24, 2.45) is 5.41 Å². The maximum Gasteiger partial charge on any atom is 0.322 e. The van der Waals surface area contributed by atoms with Gasteiger partial charge >= 0.3 is 5.97 Å². The summed E-state index contributed by atoms with van der Waals surface area (Å²) < 4.78 is 23.5. The van der Waals surface area contributed by atoms with Gasteiger partial charge in [0.2, 0.25) is 0 Å². The molecule has 1 aromatic rings. The van der Waals surface area contributed by atoms with E-state index >= 15 is 0 Å². The van der Waals surface area contributed by atoms with E-state index in [2.05, 4.69) is 0 Å². The summed E-state index contributed by atoms with van der Waals surface area (Å²) in [6.45, 7) is 1.65. The molecule has 0 radical (unpaired) electrons. The van der Waals surface area contributed by atoms with E-state index in [1.54, 1.807) is 6.92 Å². The maximum atomic E-state index is 13.7. The van der Waals surface area contributed by atoms with Crippen LogP contribution < -0.4 is 4.74 Å². The van der Waals surface area contributed by atoms with Crippen LogP contribution in [-0.2, 0) is 9.53 Å². The molecule has 1 heterocycles. The fraction of sp³-hybridized carbons (Fsp3) is 0.385. The molecule has 1 fully saturated rings. The molecule has 1 aromatic carbocycles. The minimum atomic E-state index is -1.58. The van der Waals surface area contributed by atoms with Crippen LogP contribution in [0.15, 0.2) is 18.2 Å². The van der Waals surface area contributed by atoms with Gasteiger partial charge in [-0.2, -0.15) is 0 Å². The van der Waals surface area contributed by atoms with Crippen molar-refractivity contribution in [3.63, 3.8) is 0 Å². The fourth-order valence-electron chi connectivity index (χ4n) is 1.85. The van der Waals surface area contributed by atoms with E-state index in [4.69, 9.17) is 14.6 Å². The predicted molar refractivity (Wildman–Crippen MR) is 62.8 cm³/mol. The number of ketones is 1. The zero-order valence-electron chi connectivity index (χ0n) is 10.3. The molecule has 5 nitrogen and oxygen atoms in total. The smallest absolute Gasteiger partial charge is 0.322 e. The largest absolute Gasteiger partial charge is 0.491 e. The molecule has 0 spiro atoms. The van der Waals surface area contributed by atoms with E-state index in [-0.39, 0.29) is 24.5 Å². The van der Waals surface area contributed by atoms with E-state index < -0.39 is 23.0 Å². The van der Waals surface area contributed by atoms with Gasteiger partial charge in [-0.15, -0.1) is 0 Å². The zero-order valence-corrected chi connectivity index (χ0v) is 10.3. The summed E-state index contributed by atoms with van der Waals surface area (Å²) in [5, 5.41) is 9.10. The van der Waals surface area contributed by atoms with Crippen molar-refractivity contribution in [1.82, 2.24) is 0 Å². The molecule has 0 saturated carbocycles. The number of carboxylic acid groups (broad SMARTS) is 1. The van der Waals surface area contributed by atoms with Crippen LogP contribution in [0.2, 0.25) is 0 Å². The van der Waals surface area contributed by atoms with E-state index in [0.29, 0.717) is 6.61 Å². The van der Waals surface area contributed by atoms with E-state index in [1.807, 2.05) is 0 Å². The molecule has 0 aliphatic carbocycles. The van der Waals surface area contributed by atoms with Gasteiger partial charge in [-0.05, 0) is 25.1 Å². The van der Waals surface area contributed by atoms with E-state index in [9.17, 15) is 14.0 Å². The number of benzene rings is 1. The monoisotopic (exact) mass is 268 g/mol. The number of Topliss-reactive ketones (excluding diaryl/α,β-unsaturated/α-hetero) is 1. The van der Waals surface area contributed by atoms with Crippen molar-refractivity contribution in [3.05, 3.63) is 29.6 Å². The van der Waals surface area contributed by atoms with Gasteiger partial charge in [0.1, 0.15) is 0 Å². The Labute approximate surface area is 108 Å². The molecular weight excluding hydrogens is 255 g/mol. The molecule has 0 aromatic heterocycles. The highest BCUT2D eigenvalue weighted by Gasteiger charge is 2.53. The molecule has 1 saturated heterocycles. The average Bonchev–Trinajstić information content (AvgIpc) is 2.29. The summed E-state index contributed by atoms with van der Waals surface area (Å²) in [5.74, 6) is -2.55. The van der Waals surface area contributed by atoms with Gasteiger partial charge in [-0.3, -0.25) is 9.59 Å². The van der Waals surface area contributed by atoms with Crippen LogP contribution in [0.4, 0.5) is 4.39 Å². The average molecular weight is 268 g/mol. The van der Waals surface area contributed by atoms with Crippen LogP contribution in [-0.4, -0.2) is 36.7 Å². The van der Waals surface area contributed by atoms with Crippen molar-refractivity contribution < 1.29 is 28.6 Å². The van der Waals surface area contributed by atoms with Crippen molar-refractivity contribution in [1.29, 1.82) is 0 Å². The van der Waals surface area contributed by atoms with Gasteiger partial charge < -0.3 is 14.6 Å². The minimum Gasteiger partial charge on any atom is -0.491 e. The minimum absolute atomic E-state index is 0.00616. The maximum absolute atomic E-state index is 13.7. The molecule has 2 rings (SSSR count). The molecule has 1 aliphatic rings. The first kappa shape index (κ1) is 13.5. The Kier molecular flexibility index (Phi) is 3.53. The third-order valence-electron chi connectivity index (χ3n) is 3.03. The highest BCUT2D eigenvalue weighted by molar-refractivity contribution is 6.13. The Morgan fingerprint density at radius 1 is 1.47 bits per heavy atom. The third-order valence-corrected chi connectivity index (χ3v) is 3.03. The summed E-state index contributed by atoms with van der Waals surface area (Å²) >= 11 is 0. The lowest BCUT2D eigenvalue weighted by Gasteiger charge is -2.35. The van der Waals surface area contributed by atoms with Crippen LogP contribution in [0, 0.1) is 11.2 Å². The normalized spacial score (nSPS) is 16.5. The second-order valence-electron chi connectivity index (χ2n) is 4.29. The molecule has 19 heavy (non-hydrogen) atoms. The number of hydrogen-bond donors (Lipinski definition) is 1. The second-order valence-corrected chi connectivity index (χ2v) is 4.29. The standard InChI is InChI=1S/C13H13FO5/c1-2-19-10-4-3-8(5-9(10)14)11(15)13(12(16)17)6-18-7-13/h3-5H,2,6-7H2,1H3,(H,16,17). The van der Waals surface area contributed by atoms with E-state index in [0.717, 1.165) is 6.07 Å². The predicted octanol–water partition coefficient (Wildman–Crippen LogP) is 1.51. The summed E-state index contributed by atoms with van der Waals surface area (Å²) in [4.78, 5) is 23.3. The molecule has 6 heteroatoms. The lowest BCUT2D eigenvalue weighted by atomic mass is 9.78. The van der Waals surface area contributed by atoms with Crippen LogP contribution in [0.3, 0.4) is 0 Å². The number of carbonyl (C=O) groups excluding carboxylic acids is 1. The van der Waals surface area contributed by atoms with Gasteiger partial charge in [-0.1, -0.05) is 0 Å². The number of aliphatic carboxylic acids is 1. The molecule has 1 N–H and O–H groups in total. The molecule has 102 valence electrons. The van der Waals surface area contributed by atoms with Crippen molar-refractivity contribution in [2.75, 3.05) is 19.8 Å². The SMILES string of the molecule is CCOc1ccc(C(=O)C2(C(=O)O)COC2)cc1F. The lowest BCUT2D eigenvalue weighted by molar-refractivity contribution is -0.169. The molecular formula is C13H13FO5. The van der Waals surface area contributed by atoms with Crippen LogP contribution in [0.25, 0.3) is 0 Å². The Balaban J connectivity index is 2.29. The summed E-state index contributed by atoms with van der Waals surface area (Å²) in [5.41, 5.74) is -1.58. The third kappa shape index (κ3) is 2.19. The number of halogens is 1. The van der Waals surface area contributed by atoms with Gasteiger partial charge in [0, 0.05) is 5.56 Å². The van der Waals surface area contributed by atoms with Crippen LogP contribution in [0.5, 0.6) is 5.75 Å². The topological polar surface area (TPSA) is 72.8 Å². The molecule has 0 amide bonds. The quantitative estimate of drug-likeness (QED) is 0.647. The number of hydrogen-bond acceptors (Lipinski definition) is 4. The lowest BCUT2D eigenvalue weighted by Crippen LogP contribution is -2.54. The second kappa shape index (κ2) is 4.97. The zero-order chi connectivity index (χ0) is 14.0. The molecule has 0 bridgehead atoms. The van der Waals surface area contributed by atoms with Crippen molar-refractivity contribution in [2.45, 2.75) is 6.92 Å². The first-order valence-electron chi connectivity index (χ1n) is 5.79. The van der Waals surface area contributed by atoms with Crippen molar-refractivity contribution in [3.8, 4) is 5.75 Å². The Morgan fingerprint density at radius 2 is 2.16 bits per heavy atom. The Hall–Kier alpha value is -1.95. The van der Waals surface area contributed by atoms with Gasteiger partial charge in [0.05, 0.1) is 19.8 Å². The number of rotatable bonds is 5. The van der Waals surface area contributed by atoms with Gasteiger partial charge in [0.25, 0.3) is 0 Å². The molecule has 1 aliphatic heterocycles. The van der Waals surface area contributed by atoms with Crippen LogP contribution >= 0.6 is 0 Å². The molecule has 0 atom stereocenters. The van der Waals surface area contributed by atoms with Gasteiger partial charge in [0.15, 0.2) is 22.8 Å². The molecule has 0 unspecified atom stereocenters. The summed E-state index contributed by atoms with van der Waals surface area (Å²) in [7, 11) is 0. The Bertz CT molecular complexity index is 522. The number of ether oxygens (including phenoxy) is 2. The fourth-order valence-corrected chi connectivity index (χ4v) is 1.85. The van der Waals surface area contributed by atoms with Crippen molar-refractivity contribution >= 4 is 11.8 Å². The number of carbonyl (C=O) groups is 2.